The fourth-order valence-corrected chi connectivity index (χ4v) is 2.74. The molecule has 1 heterocycles. The molecule has 7 nitrogen and oxygen atoms in total. The summed E-state index contributed by atoms with van der Waals surface area (Å²) in [4.78, 5) is 21.5. The first kappa shape index (κ1) is 23.3. The standard InChI is InChI=1S/C23H33N5O2/c1-8-25-22(28-19-10-9-16(6)11-20(19)30-15(4)5)21(14(2)3)26-17(7)23(29)27-18-12-24-13-18/h8-11,15,18,24,28H,2,12-13H2,1,3-7H3,(H,27,29)/b22-21-,25-8?,26-17?. The summed E-state index contributed by atoms with van der Waals surface area (Å²) in [6, 6.07) is 6.07. The largest absolute Gasteiger partial charge is 0.489 e. The number of carbonyl (C=O) groups is 1. The highest BCUT2D eigenvalue weighted by Gasteiger charge is 2.20. The molecule has 1 saturated heterocycles. The number of anilines is 1. The third-order valence-electron chi connectivity index (χ3n) is 4.36. The van der Waals surface area contributed by atoms with Gasteiger partial charge in [-0.15, -0.1) is 0 Å². The molecular formula is C23H33N5O2. The SMILES string of the molecule is C=C(C)/C(N=C(C)C(=O)NC1CNC1)=C(\N=CC)Nc1ccc(C)cc1OC(C)C. The monoisotopic (exact) mass is 411 g/mol. The summed E-state index contributed by atoms with van der Waals surface area (Å²) in [5.41, 5.74) is 3.43. The zero-order valence-corrected chi connectivity index (χ0v) is 18.8. The van der Waals surface area contributed by atoms with Crippen molar-refractivity contribution >= 4 is 23.5 Å². The molecule has 1 aliphatic rings. The lowest BCUT2D eigenvalue weighted by Gasteiger charge is -2.27. The van der Waals surface area contributed by atoms with Gasteiger partial charge in [-0.2, -0.15) is 0 Å². The van der Waals surface area contributed by atoms with E-state index in [1.54, 1.807) is 13.1 Å². The maximum Gasteiger partial charge on any atom is 0.265 e. The van der Waals surface area contributed by atoms with E-state index >= 15 is 0 Å². The Kier molecular flexibility index (Phi) is 8.35. The zero-order valence-electron chi connectivity index (χ0n) is 18.8. The number of allylic oxidation sites excluding steroid dienone is 1. The van der Waals surface area contributed by atoms with Gasteiger partial charge >= 0.3 is 0 Å². The van der Waals surface area contributed by atoms with Crippen LogP contribution < -0.4 is 20.7 Å². The Morgan fingerprint density at radius 2 is 2.03 bits per heavy atom. The first-order valence-corrected chi connectivity index (χ1v) is 10.2. The minimum absolute atomic E-state index is 0.0278. The van der Waals surface area contributed by atoms with Crippen LogP contribution in [0.15, 0.2) is 51.9 Å². The van der Waals surface area contributed by atoms with Crippen LogP contribution in [0.25, 0.3) is 0 Å². The number of aryl methyl sites for hydroxylation is 1. The van der Waals surface area contributed by atoms with Crippen molar-refractivity contribution in [2.24, 2.45) is 9.98 Å². The molecule has 0 saturated carbocycles. The van der Waals surface area contributed by atoms with Gasteiger partial charge in [-0.05, 0) is 64.8 Å². The minimum atomic E-state index is -0.195. The Balaban J connectivity index is 2.41. The number of nitrogens with zero attached hydrogens (tertiary/aromatic N) is 2. The lowest BCUT2D eigenvalue weighted by atomic mass is 10.1. The molecule has 3 N–H and O–H groups in total. The van der Waals surface area contributed by atoms with Crippen LogP contribution >= 0.6 is 0 Å². The van der Waals surface area contributed by atoms with Crippen LogP contribution in [-0.2, 0) is 4.79 Å². The van der Waals surface area contributed by atoms with Crippen molar-refractivity contribution in [2.45, 2.75) is 53.7 Å². The molecule has 1 amide bonds. The fraction of sp³-hybridized carbons (Fsp3) is 0.435. The Hall–Kier alpha value is -2.93. The number of hydrogen-bond donors (Lipinski definition) is 3. The van der Waals surface area contributed by atoms with Gasteiger partial charge in [0.2, 0.25) is 0 Å². The summed E-state index contributed by atoms with van der Waals surface area (Å²) in [7, 11) is 0. The molecule has 1 aromatic rings. The van der Waals surface area contributed by atoms with Crippen molar-refractivity contribution in [3.63, 3.8) is 0 Å². The highest BCUT2D eigenvalue weighted by atomic mass is 16.5. The first-order valence-electron chi connectivity index (χ1n) is 10.2. The molecule has 0 aromatic heterocycles. The summed E-state index contributed by atoms with van der Waals surface area (Å²) in [5, 5.41) is 9.40. The highest BCUT2D eigenvalue weighted by molar-refractivity contribution is 6.38. The van der Waals surface area contributed by atoms with E-state index < -0.39 is 0 Å². The maximum atomic E-state index is 12.5. The van der Waals surface area contributed by atoms with E-state index in [1.165, 1.54) is 0 Å². The Morgan fingerprint density at radius 1 is 1.33 bits per heavy atom. The van der Waals surface area contributed by atoms with E-state index in [9.17, 15) is 4.79 Å². The summed E-state index contributed by atoms with van der Waals surface area (Å²) < 4.78 is 5.96. The normalized spacial score (nSPS) is 15.6. The molecular weight excluding hydrogens is 378 g/mol. The van der Waals surface area contributed by atoms with Gasteiger partial charge in [-0.3, -0.25) is 4.79 Å². The van der Waals surface area contributed by atoms with Gasteiger partial charge in [0.25, 0.3) is 5.91 Å². The van der Waals surface area contributed by atoms with Gasteiger partial charge in [-0.1, -0.05) is 12.6 Å². The maximum absolute atomic E-state index is 12.5. The molecule has 1 aromatic carbocycles. The number of aliphatic imine (C=N–C) groups is 2. The number of carbonyl (C=O) groups excluding carboxylic acids is 1. The molecule has 0 atom stereocenters. The number of ether oxygens (including phenoxy) is 1. The summed E-state index contributed by atoms with van der Waals surface area (Å²) in [5.74, 6) is 1.03. The molecule has 0 aliphatic carbocycles. The second-order valence-electron chi connectivity index (χ2n) is 7.68. The topological polar surface area (TPSA) is 87.1 Å². The van der Waals surface area contributed by atoms with Crippen LogP contribution in [-0.4, -0.2) is 43.1 Å². The smallest absolute Gasteiger partial charge is 0.265 e. The van der Waals surface area contributed by atoms with Crippen molar-refractivity contribution in [3.8, 4) is 5.75 Å². The fourth-order valence-electron chi connectivity index (χ4n) is 2.74. The van der Waals surface area contributed by atoms with Crippen molar-refractivity contribution in [1.82, 2.24) is 10.6 Å². The predicted octanol–water partition coefficient (Wildman–Crippen LogP) is 3.58. The molecule has 162 valence electrons. The second kappa shape index (κ2) is 10.7. The summed E-state index contributed by atoms with van der Waals surface area (Å²) >= 11 is 0. The quantitative estimate of drug-likeness (QED) is 0.428. The van der Waals surface area contributed by atoms with E-state index in [0.717, 1.165) is 30.1 Å². The molecule has 1 aliphatic heterocycles. The van der Waals surface area contributed by atoms with E-state index in [4.69, 9.17) is 4.74 Å². The van der Waals surface area contributed by atoms with Gasteiger partial charge in [0.1, 0.15) is 17.2 Å². The van der Waals surface area contributed by atoms with Crippen molar-refractivity contribution in [3.05, 3.63) is 47.4 Å². The Labute approximate surface area is 179 Å². The number of nitrogens with one attached hydrogen (secondary N) is 3. The van der Waals surface area contributed by atoms with Crippen LogP contribution in [0.3, 0.4) is 0 Å². The number of rotatable bonds is 9. The molecule has 0 spiro atoms. The van der Waals surface area contributed by atoms with E-state index in [2.05, 4.69) is 32.5 Å². The molecule has 0 bridgehead atoms. The predicted molar refractivity (Wildman–Crippen MR) is 124 cm³/mol. The van der Waals surface area contributed by atoms with Crippen molar-refractivity contribution < 1.29 is 9.53 Å². The third kappa shape index (κ3) is 6.56. The zero-order chi connectivity index (χ0) is 22.3. The number of benzene rings is 1. The van der Waals surface area contributed by atoms with Gasteiger partial charge < -0.3 is 20.7 Å². The summed E-state index contributed by atoms with van der Waals surface area (Å²) in [6.45, 7) is 16.9. The lowest BCUT2D eigenvalue weighted by molar-refractivity contribution is -0.115. The highest BCUT2D eigenvalue weighted by Crippen LogP contribution is 2.29. The van der Waals surface area contributed by atoms with Gasteiger partial charge in [0.15, 0.2) is 5.82 Å². The van der Waals surface area contributed by atoms with Gasteiger partial charge in [-0.25, -0.2) is 9.98 Å². The molecule has 2 rings (SSSR count). The first-order chi connectivity index (χ1) is 14.2. The second-order valence-corrected chi connectivity index (χ2v) is 7.68. The minimum Gasteiger partial charge on any atom is -0.489 e. The number of hydrogen-bond acceptors (Lipinski definition) is 6. The van der Waals surface area contributed by atoms with Crippen molar-refractivity contribution in [2.75, 3.05) is 18.4 Å². The van der Waals surface area contributed by atoms with Crippen LogP contribution in [0.1, 0.15) is 40.2 Å². The molecule has 7 heteroatoms. The third-order valence-corrected chi connectivity index (χ3v) is 4.36. The average Bonchev–Trinajstić information content (AvgIpc) is 2.63. The van der Waals surface area contributed by atoms with Gasteiger partial charge in [0.05, 0.1) is 17.8 Å². The van der Waals surface area contributed by atoms with Crippen LogP contribution in [0.2, 0.25) is 0 Å². The van der Waals surface area contributed by atoms with Crippen molar-refractivity contribution in [1.29, 1.82) is 0 Å². The van der Waals surface area contributed by atoms with Gasteiger partial charge in [0, 0.05) is 19.3 Å². The molecule has 30 heavy (non-hydrogen) atoms. The lowest BCUT2D eigenvalue weighted by Crippen LogP contribution is -2.57. The number of amides is 1. The average molecular weight is 412 g/mol. The molecule has 0 radical (unpaired) electrons. The molecule has 1 fully saturated rings. The summed E-state index contributed by atoms with van der Waals surface area (Å²) in [6.07, 6.45) is 1.70. The Morgan fingerprint density at radius 3 is 2.57 bits per heavy atom. The van der Waals surface area contributed by atoms with E-state index in [0.29, 0.717) is 22.8 Å². The van der Waals surface area contributed by atoms with Crippen LogP contribution in [0.5, 0.6) is 5.75 Å². The Bertz CT molecular complexity index is 880. The van der Waals surface area contributed by atoms with E-state index in [1.807, 2.05) is 52.8 Å². The van der Waals surface area contributed by atoms with Crippen LogP contribution in [0.4, 0.5) is 5.69 Å². The van der Waals surface area contributed by atoms with E-state index in [-0.39, 0.29) is 18.1 Å². The van der Waals surface area contributed by atoms with Crippen LogP contribution in [0, 0.1) is 6.92 Å². The molecule has 0 unspecified atom stereocenters.